The van der Waals surface area contributed by atoms with E-state index >= 15 is 0 Å². The van der Waals surface area contributed by atoms with Gasteiger partial charge in [-0.1, -0.05) is 17.7 Å². The number of benzene rings is 1. The summed E-state index contributed by atoms with van der Waals surface area (Å²) < 4.78 is 5.10. The van der Waals surface area contributed by atoms with E-state index in [1.54, 1.807) is 12.1 Å². The van der Waals surface area contributed by atoms with Crippen molar-refractivity contribution in [3.05, 3.63) is 28.8 Å². The molecule has 0 heterocycles. The van der Waals surface area contributed by atoms with Crippen molar-refractivity contribution in [1.82, 2.24) is 0 Å². The summed E-state index contributed by atoms with van der Waals surface area (Å²) in [6.07, 6.45) is 0. The van der Waals surface area contributed by atoms with Crippen LogP contribution in [0.2, 0.25) is 5.02 Å². The van der Waals surface area contributed by atoms with E-state index in [-0.39, 0.29) is 0 Å². The number of hydrogen-bond acceptors (Lipinski definition) is 1. The van der Waals surface area contributed by atoms with E-state index in [1.165, 1.54) is 0 Å². The molecule has 0 spiro atoms. The maximum atomic E-state index is 5.74. The Bertz CT molecular complexity index is 276. The molecule has 0 bridgehead atoms. The normalized spacial score (nSPS) is 10.2. The molecule has 0 aliphatic rings. The minimum Gasteiger partial charge on any atom is -0.510 e. The zero-order chi connectivity index (χ0) is 9.14. The summed E-state index contributed by atoms with van der Waals surface area (Å²) in [5.41, 5.74) is 0.959. The SMILES string of the molecule is [B]C([B])Oc1cc(Cl)ccc1C. The predicted molar refractivity (Wildman–Crippen MR) is 52.1 cm³/mol. The fraction of sp³-hybridized carbons (Fsp3) is 0.250. The third-order valence-electron chi connectivity index (χ3n) is 1.41. The van der Waals surface area contributed by atoms with Gasteiger partial charge in [-0.05, 0) is 24.6 Å². The third-order valence-corrected chi connectivity index (χ3v) is 1.65. The summed E-state index contributed by atoms with van der Waals surface area (Å²) in [5, 5.41) is 0.608. The second-order valence-electron chi connectivity index (χ2n) is 2.49. The van der Waals surface area contributed by atoms with Crippen molar-refractivity contribution in [2.45, 2.75) is 12.8 Å². The van der Waals surface area contributed by atoms with Gasteiger partial charge in [0.05, 0.1) is 0 Å². The van der Waals surface area contributed by atoms with Crippen LogP contribution in [0.3, 0.4) is 0 Å². The molecule has 0 unspecified atom stereocenters. The van der Waals surface area contributed by atoms with Crippen LogP contribution in [-0.2, 0) is 0 Å². The lowest BCUT2D eigenvalue weighted by atomic mass is 9.82. The molecule has 12 heavy (non-hydrogen) atoms. The van der Waals surface area contributed by atoms with Gasteiger partial charge in [-0.2, -0.15) is 0 Å². The highest BCUT2D eigenvalue weighted by Gasteiger charge is 2.01. The largest absolute Gasteiger partial charge is 0.510 e. The highest BCUT2D eigenvalue weighted by molar-refractivity contribution is 6.35. The van der Waals surface area contributed by atoms with Gasteiger partial charge in [0.15, 0.2) is 0 Å². The Kier molecular flexibility index (Phi) is 3.10. The summed E-state index contributed by atoms with van der Waals surface area (Å²) in [7, 11) is 10.5. The molecule has 0 aliphatic carbocycles. The molecule has 1 rings (SSSR count). The van der Waals surface area contributed by atoms with Gasteiger partial charge >= 0.3 is 0 Å². The van der Waals surface area contributed by atoms with Crippen LogP contribution in [0.4, 0.5) is 0 Å². The number of aryl methyl sites for hydroxylation is 1. The van der Waals surface area contributed by atoms with Gasteiger partial charge in [-0.25, -0.2) is 0 Å². The predicted octanol–water partition coefficient (Wildman–Crippen LogP) is 1.65. The lowest BCUT2D eigenvalue weighted by Gasteiger charge is -2.12. The number of rotatable bonds is 2. The Hall–Kier alpha value is -0.560. The van der Waals surface area contributed by atoms with Gasteiger partial charge in [-0.3, -0.25) is 0 Å². The molecule has 4 heteroatoms. The Morgan fingerprint density at radius 3 is 2.67 bits per heavy atom. The first-order valence-corrected chi connectivity index (χ1v) is 3.91. The standard InChI is InChI=1S/C8H7B2ClO/c1-5-2-3-6(11)4-7(5)12-8(9)10/h2-4,8H,1H3. The third kappa shape index (κ3) is 2.49. The van der Waals surface area contributed by atoms with Crippen LogP contribution < -0.4 is 4.74 Å². The highest BCUT2D eigenvalue weighted by Crippen LogP contribution is 2.22. The van der Waals surface area contributed by atoms with E-state index in [1.807, 2.05) is 13.0 Å². The molecular weight excluding hydrogens is 169 g/mol. The van der Waals surface area contributed by atoms with Crippen molar-refractivity contribution in [2.24, 2.45) is 0 Å². The summed E-state index contributed by atoms with van der Waals surface area (Å²) in [4.78, 5) is 0. The van der Waals surface area contributed by atoms with Gasteiger partial charge in [0.1, 0.15) is 21.4 Å². The summed E-state index contributed by atoms with van der Waals surface area (Å²) in [6, 6.07) is 5.31. The van der Waals surface area contributed by atoms with Crippen LogP contribution in [0.5, 0.6) is 5.75 Å². The molecular formula is C8H7B2ClO. The Balaban J connectivity index is 2.90. The van der Waals surface area contributed by atoms with Crippen LogP contribution in [0.25, 0.3) is 0 Å². The zero-order valence-corrected chi connectivity index (χ0v) is 7.51. The van der Waals surface area contributed by atoms with Gasteiger partial charge in [0, 0.05) is 10.9 Å². The van der Waals surface area contributed by atoms with E-state index < -0.39 is 5.90 Å². The first-order valence-electron chi connectivity index (χ1n) is 3.53. The first-order chi connectivity index (χ1) is 5.59. The molecule has 0 aromatic heterocycles. The van der Waals surface area contributed by atoms with Crippen LogP contribution in [0.15, 0.2) is 18.2 Å². The van der Waals surface area contributed by atoms with Crippen LogP contribution in [-0.4, -0.2) is 21.6 Å². The number of hydrogen-bond donors (Lipinski definition) is 0. The maximum Gasteiger partial charge on any atom is 0.121 e. The fourth-order valence-electron chi connectivity index (χ4n) is 0.848. The summed E-state index contributed by atoms with van der Waals surface area (Å²) >= 11 is 5.74. The van der Waals surface area contributed by atoms with E-state index in [0.29, 0.717) is 10.8 Å². The van der Waals surface area contributed by atoms with Gasteiger partial charge in [0.2, 0.25) is 0 Å². The van der Waals surface area contributed by atoms with Gasteiger partial charge in [0.25, 0.3) is 0 Å². The lowest BCUT2D eigenvalue weighted by molar-refractivity contribution is 0.350. The van der Waals surface area contributed by atoms with Crippen molar-refractivity contribution in [1.29, 1.82) is 0 Å². The monoisotopic (exact) mass is 176 g/mol. The van der Waals surface area contributed by atoms with Crippen molar-refractivity contribution in [2.75, 3.05) is 0 Å². The first kappa shape index (κ1) is 9.53. The fourth-order valence-corrected chi connectivity index (χ4v) is 1.01. The molecule has 58 valence electrons. The number of ether oxygens (including phenoxy) is 1. The van der Waals surface area contributed by atoms with Crippen LogP contribution in [0.1, 0.15) is 5.56 Å². The van der Waals surface area contributed by atoms with Crippen molar-refractivity contribution in [3.8, 4) is 5.75 Å². The molecule has 1 nitrogen and oxygen atoms in total. The summed E-state index contributed by atoms with van der Waals surface area (Å²) in [6.45, 7) is 1.90. The van der Waals surface area contributed by atoms with E-state index in [2.05, 4.69) is 0 Å². The van der Waals surface area contributed by atoms with Crippen molar-refractivity contribution >= 4 is 27.3 Å². The van der Waals surface area contributed by atoms with Crippen LogP contribution >= 0.6 is 11.6 Å². The topological polar surface area (TPSA) is 9.23 Å². The highest BCUT2D eigenvalue weighted by atomic mass is 35.5. The minimum absolute atomic E-state index is 0.608. The Morgan fingerprint density at radius 1 is 1.42 bits per heavy atom. The van der Waals surface area contributed by atoms with E-state index in [0.717, 1.165) is 5.56 Å². The van der Waals surface area contributed by atoms with Gasteiger partial charge < -0.3 is 4.74 Å². The average molecular weight is 176 g/mol. The quantitative estimate of drug-likeness (QED) is 0.622. The molecule has 0 amide bonds. The molecule has 0 saturated carbocycles. The Morgan fingerprint density at radius 2 is 2.08 bits per heavy atom. The molecule has 4 radical (unpaired) electrons. The molecule has 0 atom stereocenters. The average Bonchev–Trinajstić information content (AvgIpc) is 1.96. The second kappa shape index (κ2) is 3.90. The molecule has 1 aromatic carbocycles. The zero-order valence-electron chi connectivity index (χ0n) is 6.75. The maximum absolute atomic E-state index is 5.74. The van der Waals surface area contributed by atoms with E-state index in [4.69, 9.17) is 32.0 Å². The smallest absolute Gasteiger partial charge is 0.121 e. The van der Waals surface area contributed by atoms with Crippen molar-refractivity contribution < 1.29 is 4.74 Å². The molecule has 0 aliphatic heterocycles. The van der Waals surface area contributed by atoms with Crippen molar-refractivity contribution in [3.63, 3.8) is 0 Å². The minimum atomic E-state index is -0.804. The second-order valence-corrected chi connectivity index (χ2v) is 2.93. The molecule has 0 fully saturated rings. The number of halogens is 1. The van der Waals surface area contributed by atoms with Gasteiger partial charge in [-0.15, -0.1) is 0 Å². The van der Waals surface area contributed by atoms with E-state index in [9.17, 15) is 0 Å². The van der Waals surface area contributed by atoms with Crippen LogP contribution in [0, 0.1) is 6.92 Å². The Labute approximate surface area is 79.9 Å². The summed E-state index contributed by atoms with van der Waals surface area (Å²) in [5.74, 6) is -0.181. The molecule has 0 N–H and O–H groups in total. The lowest BCUT2D eigenvalue weighted by Crippen LogP contribution is -2.16. The molecule has 0 saturated heterocycles. The molecule has 1 aromatic rings.